The van der Waals surface area contributed by atoms with Gasteiger partial charge in [0.2, 0.25) is 10.0 Å². The number of aryl methyl sites for hydroxylation is 1. The van der Waals surface area contributed by atoms with E-state index in [1.165, 1.54) is 6.07 Å². The summed E-state index contributed by atoms with van der Waals surface area (Å²) in [4.78, 5) is 11.4. The molecule has 0 aromatic heterocycles. The summed E-state index contributed by atoms with van der Waals surface area (Å²) in [6, 6.07) is 15.8. The number of aliphatic hydroxyl groups is 1. The Morgan fingerprint density at radius 2 is 1.79 bits per heavy atom. The highest BCUT2D eigenvalue weighted by molar-refractivity contribution is 7.89. The summed E-state index contributed by atoms with van der Waals surface area (Å²) in [7, 11) is -3.82. The van der Waals surface area contributed by atoms with Gasteiger partial charge in [-0.25, -0.2) is 17.9 Å². The lowest BCUT2D eigenvalue weighted by Gasteiger charge is -2.23. The lowest BCUT2D eigenvalue weighted by atomic mass is 10.0. The van der Waals surface area contributed by atoms with Crippen LogP contribution in [0.1, 0.15) is 24.5 Å². The molecule has 0 saturated carbocycles. The van der Waals surface area contributed by atoms with Crippen molar-refractivity contribution in [3.05, 3.63) is 65.7 Å². The van der Waals surface area contributed by atoms with Crippen LogP contribution in [0.25, 0.3) is 0 Å². The first-order valence-corrected chi connectivity index (χ1v) is 10.6. The fraction of sp³-hybridized carbons (Fsp3) is 0.350. The van der Waals surface area contributed by atoms with Gasteiger partial charge >= 0.3 is 6.09 Å². The summed E-state index contributed by atoms with van der Waals surface area (Å²) < 4.78 is 32.8. The summed E-state index contributed by atoms with van der Waals surface area (Å²) in [5, 5.41) is 10.4. The standard InChI is InChI=1S/C20H26N2O5S/c1-2-8-16-11-6-7-12-19(16)28(25,26)22-14-17(23)18(27-20(21)24)13-15-9-4-3-5-10-15/h3-7,9-12,17-18,22-23H,2,8,13-14H2,1H3,(H2,21,24)/t17-,18+/m1/s1. The highest BCUT2D eigenvalue weighted by Crippen LogP contribution is 2.17. The number of ether oxygens (including phenoxy) is 1. The van der Waals surface area contributed by atoms with Crippen molar-refractivity contribution in [3.8, 4) is 0 Å². The van der Waals surface area contributed by atoms with E-state index in [1.807, 2.05) is 37.3 Å². The van der Waals surface area contributed by atoms with E-state index in [-0.39, 0.29) is 17.9 Å². The first-order chi connectivity index (χ1) is 13.3. The van der Waals surface area contributed by atoms with Crippen molar-refractivity contribution >= 4 is 16.1 Å². The maximum Gasteiger partial charge on any atom is 0.404 e. The van der Waals surface area contributed by atoms with Gasteiger partial charge in [0.25, 0.3) is 0 Å². The molecule has 0 radical (unpaired) electrons. The van der Waals surface area contributed by atoms with E-state index >= 15 is 0 Å². The molecule has 0 aliphatic carbocycles. The van der Waals surface area contributed by atoms with Crippen LogP contribution in [0.5, 0.6) is 0 Å². The molecule has 0 spiro atoms. The predicted molar refractivity (Wildman–Crippen MR) is 106 cm³/mol. The van der Waals surface area contributed by atoms with Crippen LogP contribution in [0.4, 0.5) is 4.79 Å². The Labute approximate surface area is 165 Å². The van der Waals surface area contributed by atoms with Crippen LogP contribution in [0.3, 0.4) is 0 Å². The number of primary amides is 1. The first-order valence-electron chi connectivity index (χ1n) is 9.09. The summed E-state index contributed by atoms with van der Waals surface area (Å²) >= 11 is 0. The van der Waals surface area contributed by atoms with Crippen molar-refractivity contribution in [2.24, 2.45) is 5.73 Å². The minimum atomic E-state index is -3.82. The zero-order chi connectivity index (χ0) is 20.6. The van der Waals surface area contributed by atoms with Crippen LogP contribution >= 0.6 is 0 Å². The van der Waals surface area contributed by atoms with E-state index in [1.54, 1.807) is 18.2 Å². The number of sulfonamides is 1. The average Bonchev–Trinajstić information content (AvgIpc) is 2.67. The van der Waals surface area contributed by atoms with Crippen molar-refractivity contribution in [3.63, 3.8) is 0 Å². The molecular weight excluding hydrogens is 380 g/mol. The van der Waals surface area contributed by atoms with E-state index in [0.29, 0.717) is 12.0 Å². The summed E-state index contributed by atoms with van der Waals surface area (Å²) in [6.07, 6.45) is -1.63. The predicted octanol–water partition coefficient (Wildman–Crippen LogP) is 1.98. The molecule has 2 atom stereocenters. The Hall–Kier alpha value is -2.42. The fourth-order valence-electron chi connectivity index (χ4n) is 2.90. The third-order valence-electron chi connectivity index (χ3n) is 4.24. The van der Waals surface area contributed by atoms with Crippen LogP contribution < -0.4 is 10.5 Å². The highest BCUT2D eigenvalue weighted by Gasteiger charge is 2.26. The van der Waals surface area contributed by atoms with Gasteiger partial charge in [0.15, 0.2) is 0 Å². The van der Waals surface area contributed by atoms with Gasteiger partial charge in [0.05, 0.1) is 4.90 Å². The van der Waals surface area contributed by atoms with Crippen molar-refractivity contribution in [2.75, 3.05) is 6.54 Å². The van der Waals surface area contributed by atoms with Gasteiger partial charge in [-0.05, 0) is 23.6 Å². The van der Waals surface area contributed by atoms with Crippen molar-refractivity contribution in [1.29, 1.82) is 0 Å². The third kappa shape index (κ3) is 6.33. The molecule has 0 heterocycles. The highest BCUT2D eigenvalue weighted by atomic mass is 32.2. The number of carbonyl (C=O) groups excluding carboxylic acids is 1. The van der Waals surface area contributed by atoms with Gasteiger partial charge in [-0.2, -0.15) is 0 Å². The molecule has 0 aliphatic heterocycles. The maximum absolute atomic E-state index is 12.7. The molecule has 2 rings (SSSR count). The lowest BCUT2D eigenvalue weighted by molar-refractivity contribution is 0.00987. The average molecular weight is 407 g/mol. The number of nitrogens with one attached hydrogen (secondary N) is 1. The molecular formula is C20H26N2O5S. The molecule has 0 fully saturated rings. The fourth-order valence-corrected chi connectivity index (χ4v) is 4.22. The van der Waals surface area contributed by atoms with Crippen LogP contribution in [0.15, 0.2) is 59.5 Å². The molecule has 4 N–H and O–H groups in total. The van der Waals surface area contributed by atoms with Crippen molar-refractivity contribution in [2.45, 2.75) is 43.3 Å². The number of nitrogens with two attached hydrogens (primary N) is 1. The van der Waals surface area contributed by atoms with E-state index in [4.69, 9.17) is 10.5 Å². The normalized spacial score (nSPS) is 13.6. The second-order valence-electron chi connectivity index (χ2n) is 6.44. The Balaban J connectivity index is 2.10. The summed E-state index contributed by atoms with van der Waals surface area (Å²) in [6.45, 7) is 1.66. The third-order valence-corrected chi connectivity index (χ3v) is 5.76. The molecule has 0 aliphatic rings. The van der Waals surface area contributed by atoms with Crippen LogP contribution in [-0.4, -0.2) is 38.4 Å². The SMILES string of the molecule is CCCc1ccccc1S(=O)(=O)NC[C@@H](O)[C@H](Cc1ccccc1)OC(N)=O. The van der Waals surface area contributed by atoms with Crippen LogP contribution in [0.2, 0.25) is 0 Å². The summed E-state index contributed by atoms with van der Waals surface area (Å²) in [5.74, 6) is 0. The van der Waals surface area contributed by atoms with Gasteiger partial charge in [-0.3, -0.25) is 0 Å². The molecule has 0 unspecified atom stereocenters. The Kier molecular flexibility index (Phi) is 7.98. The van der Waals surface area contributed by atoms with Gasteiger partial charge < -0.3 is 15.6 Å². The van der Waals surface area contributed by atoms with Gasteiger partial charge in [-0.15, -0.1) is 0 Å². The zero-order valence-corrected chi connectivity index (χ0v) is 16.6. The lowest BCUT2D eigenvalue weighted by Crippen LogP contribution is -2.43. The molecule has 28 heavy (non-hydrogen) atoms. The molecule has 1 amide bonds. The molecule has 152 valence electrons. The number of hydrogen-bond donors (Lipinski definition) is 3. The number of hydrogen-bond acceptors (Lipinski definition) is 5. The van der Waals surface area contributed by atoms with Crippen molar-refractivity contribution in [1.82, 2.24) is 4.72 Å². The Morgan fingerprint density at radius 3 is 2.43 bits per heavy atom. The molecule has 0 bridgehead atoms. The number of aliphatic hydroxyl groups excluding tert-OH is 1. The van der Waals surface area contributed by atoms with Crippen LogP contribution in [-0.2, 0) is 27.6 Å². The molecule has 7 nitrogen and oxygen atoms in total. The molecule has 8 heteroatoms. The van der Waals surface area contributed by atoms with Crippen LogP contribution in [0, 0.1) is 0 Å². The van der Waals surface area contributed by atoms with Gasteiger partial charge in [0, 0.05) is 13.0 Å². The second kappa shape index (κ2) is 10.2. The smallest absolute Gasteiger partial charge is 0.404 e. The first kappa shape index (κ1) is 21.9. The number of rotatable bonds is 10. The Bertz CT molecular complexity index is 871. The van der Waals surface area contributed by atoms with E-state index in [9.17, 15) is 18.3 Å². The van der Waals surface area contributed by atoms with Crippen molar-refractivity contribution < 1.29 is 23.1 Å². The topological polar surface area (TPSA) is 119 Å². The van der Waals surface area contributed by atoms with E-state index < -0.39 is 28.3 Å². The second-order valence-corrected chi connectivity index (χ2v) is 8.18. The zero-order valence-electron chi connectivity index (χ0n) is 15.7. The largest absolute Gasteiger partial charge is 0.443 e. The minimum Gasteiger partial charge on any atom is -0.443 e. The molecule has 2 aromatic rings. The Morgan fingerprint density at radius 1 is 1.14 bits per heavy atom. The molecule has 0 saturated heterocycles. The number of carbonyl (C=O) groups is 1. The van der Waals surface area contributed by atoms with Gasteiger partial charge in [-0.1, -0.05) is 61.9 Å². The summed E-state index contributed by atoms with van der Waals surface area (Å²) in [5.41, 5.74) is 6.63. The van der Waals surface area contributed by atoms with E-state index in [2.05, 4.69) is 4.72 Å². The monoisotopic (exact) mass is 406 g/mol. The maximum atomic E-state index is 12.7. The van der Waals surface area contributed by atoms with Gasteiger partial charge in [0.1, 0.15) is 12.2 Å². The quantitative estimate of drug-likeness (QED) is 0.557. The van der Waals surface area contributed by atoms with E-state index in [0.717, 1.165) is 12.0 Å². The minimum absolute atomic E-state index is 0.180. The number of benzene rings is 2. The molecule has 2 aromatic carbocycles. The number of amides is 1.